The zero-order valence-electron chi connectivity index (χ0n) is 15.9. The Morgan fingerprint density at radius 2 is 2.04 bits per heavy atom. The SMILES string of the molecule is CSc1ccc([C@H]2CCC[C@@H](CO)O2)cc1Cc1ccc2c(c1)CCCO2. The number of thioether (sulfide) groups is 1. The van der Waals surface area contributed by atoms with E-state index in [1.54, 1.807) is 11.8 Å². The van der Waals surface area contributed by atoms with Gasteiger partial charge in [-0.25, -0.2) is 0 Å². The fourth-order valence-corrected chi connectivity index (χ4v) is 4.76. The minimum absolute atomic E-state index is 0.0203. The van der Waals surface area contributed by atoms with E-state index in [4.69, 9.17) is 9.47 Å². The van der Waals surface area contributed by atoms with Gasteiger partial charge in [0.1, 0.15) is 5.75 Å². The summed E-state index contributed by atoms with van der Waals surface area (Å²) < 4.78 is 11.9. The zero-order chi connectivity index (χ0) is 18.6. The molecular formula is C23H28O3S. The van der Waals surface area contributed by atoms with Crippen molar-refractivity contribution in [3.63, 3.8) is 0 Å². The summed E-state index contributed by atoms with van der Waals surface area (Å²) >= 11 is 1.80. The first-order chi connectivity index (χ1) is 13.3. The van der Waals surface area contributed by atoms with Gasteiger partial charge in [0, 0.05) is 4.90 Å². The van der Waals surface area contributed by atoms with Crippen LogP contribution in [-0.4, -0.2) is 30.7 Å². The molecule has 2 aliphatic heterocycles. The summed E-state index contributed by atoms with van der Waals surface area (Å²) in [6.07, 6.45) is 8.45. The number of ether oxygens (including phenoxy) is 2. The van der Waals surface area contributed by atoms with Crippen LogP contribution in [0.4, 0.5) is 0 Å². The van der Waals surface area contributed by atoms with E-state index >= 15 is 0 Å². The lowest BCUT2D eigenvalue weighted by Crippen LogP contribution is -2.25. The zero-order valence-corrected chi connectivity index (χ0v) is 16.8. The van der Waals surface area contributed by atoms with Crippen LogP contribution in [0.2, 0.25) is 0 Å². The van der Waals surface area contributed by atoms with Gasteiger partial charge >= 0.3 is 0 Å². The topological polar surface area (TPSA) is 38.7 Å². The van der Waals surface area contributed by atoms with E-state index < -0.39 is 0 Å². The third kappa shape index (κ3) is 4.34. The van der Waals surface area contributed by atoms with E-state index in [9.17, 15) is 5.11 Å². The van der Waals surface area contributed by atoms with Gasteiger partial charge in [0.15, 0.2) is 0 Å². The summed E-state index contributed by atoms with van der Waals surface area (Å²) in [5.41, 5.74) is 5.26. The molecule has 3 nitrogen and oxygen atoms in total. The van der Waals surface area contributed by atoms with Gasteiger partial charge in [0.2, 0.25) is 0 Å². The van der Waals surface area contributed by atoms with Crippen molar-refractivity contribution in [3.8, 4) is 5.75 Å². The summed E-state index contributed by atoms with van der Waals surface area (Å²) in [7, 11) is 0. The maximum atomic E-state index is 9.45. The summed E-state index contributed by atoms with van der Waals surface area (Å²) in [4.78, 5) is 1.32. The molecule has 0 saturated carbocycles. The fourth-order valence-electron chi connectivity index (χ4n) is 4.16. The number of aliphatic hydroxyl groups is 1. The van der Waals surface area contributed by atoms with E-state index in [0.29, 0.717) is 0 Å². The molecule has 0 radical (unpaired) electrons. The van der Waals surface area contributed by atoms with Crippen LogP contribution in [0.5, 0.6) is 5.75 Å². The number of benzene rings is 2. The first kappa shape index (κ1) is 18.9. The molecule has 1 N–H and O–H groups in total. The molecule has 144 valence electrons. The highest BCUT2D eigenvalue weighted by Gasteiger charge is 2.23. The highest BCUT2D eigenvalue weighted by molar-refractivity contribution is 7.98. The van der Waals surface area contributed by atoms with Crippen molar-refractivity contribution in [2.45, 2.75) is 55.6 Å². The minimum Gasteiger partial charge on any atom is -0.493 e. The van der Waals surface area contributed by atoms with Crippen molar-refractivity contribution < 1.29 is 14.6 Å². The number of aryl methyl sites for hydroxylation is 1. The van der Waals surface area contributed by atoms with E-state index in [1.807, 2.05) is 0 Å². The van der Waals surface area contributed by atoms with E-state index in [1.165, 1.54) is 27.1 Å². The molecule has 2 aliphatic rings. The first-order valence-corrected chi connectivity index (χ1v) is 11.2. The van der Waals surface area contributed by atoms with Crippen molar-refractivity contribution in [1.82, 2.24) is 0 Å². The Bertz CT molecular complexity index is 789. The predicted molar refractivity (Wildman–Crippen MR) is 110 cm³/mol. The van der Waals surface area contributed by atoms with E-state index in [-0.39, 0.29) is 18.8 Å². The Hall–Kier alpha value is -1.49. The molecule has 0 bridgehead atoms. The van der Waals surface area contributed by atoms with E-state index in [0.717, 1.165) is 50.9 Å². The van der Waals surface area contributed by atoms with Crippen LogP contribution in [-0.2, 0) is 17.6 Å². The third-order valence-corrected chi connectivity index (χ3v) is 6.43. The van der Waals surface area contributed by atoms with Gasteiger partial charge in [-0.3, -0.25) is 0 Å². The molecule has 4 rings (SSSR count). The molecule has 0 aromatic heterocycles. The summed E-state index contributed by atoms with van der Waals surface area (Å²) in [6, 6.07) is 13.4. The Morgan fingerprint density at radius 3 is 2.89 bits per heavy atom. The molecule has 2 heterocycles. The normalized spacial score (nSPS) is 22.1. The van der Waals surface area contributed by atoms with Crippen LogP contribution < -0.4 is 4.74 Å². The van der Waals surface area contributed by atoms with Crippen molar-refractivity contribution in [1.29, 1.82) is 0 Å². The predicted octanol–water partition coefficient (Wildman–Crippen LogP) is 4.93. The van der Waals surface area contributed by atoms with Gasteiger partial charge in [-0.15, -0.1) is 11.8 Å². The van der Waals surface area contributed by atoms with Gasteiger partial charge in [0.05, 0.1) is 25.4 Å². The maximum Gasteiger partial charge on any atom is 0.122 e. The second kappa shape index (κ2) is 8.68. The fraction of sp³-hybridized carbons (Fsp3) is 0.478. The molecule has 2 atom stereocenters. The Morgan fingerprint density at radius 1 is 1.11 bits per heavy atom. The second-order valence-electron chi connectivity index (χ2n) is 7.50. The molecule has 0 aliphatic carbocycles. The Labute approximate surface area is 166 Å². The number of hydrogen-bond donors (Lipinski definition) is 1. The van der Waals surface area contributed by atoms with Gasteiger partial charge in [-0.2, -0.15) is 0 Å². The second-order valence-corrected chi connectivity index (χ2v) is 8.35. The summed E-state index contributed by atoms with van der Waals surface area (Å²) in [5.74, 6) is 1.05. The molecule has 1 saturated heterocycles. The molecule has 0 spiro atoms. The van der Waals surface area contributed by atoms with Crippen LogP contribution in [0.15, 0.2) is 41.3 Å². The number of fused-ring (bicyclic) bond motifs is 1. The van der Waals surface area contributed by atoms with Gasteiger partial charge < -0.3 is 14.6 Å². The standard InChI is InChI=1S/C23H28O3S/c1-27-23-10-8-18(22-6-2-5-20(15-24)26-22)14-19(23)13-16-7-9-21-17(12-16)4-3-11-25-21/h7-10,12,14,20,22,24H,2-6,11,13,15H2,1H3/t20-,22+/m0/s1. The van der Waals surface area contributed by atoms with Crippen molar-refractivity contribution in [2.24, 2.45) is 0 Å². The number of hydrogen-bond acceptors (Lipinski definition) is 4. The lowest BCUT2D eigenvalue weighted by Gasteiger charge is -2.29. The lowest BCUT2D eigenvalue weighted by molar-refractivity contribution is -0.0737. The van der Waals surface area contributed by atoms with Crippen LogP contribution in [0, 0.1) is 0 Å². The molecule has 2 aromatic rings. The van der Waals surface area contributed by atoms with Crippen molar-refractivity contribution >= 4 is 11.8 Å². The average Bonchev–Trinajstić information content (AvgIpc) is 2.73. The molecule has 1 fully saturated rings. The highest BCUT2D eigenvalue weighted by Crippen LogP contribution is 2.34. The molecule has 0 amide bonds. The minimum atomic E-state index is -0.0203. The molecule has 0 unspecified atom stereocenters. The summed E-state index contributed by atoms with van der Waals surface area (Å²) in [5, 5.41) is 9.45. The first-order valence-electron chi connectivity index (χ1n) is 9.94. The van der Waals surface area contributed by atoms with Crippen LogP contribution in [0.3, 0.4) is 0 Å². The maximum absolute atomic E-state index is 9.45. The monoisotopic (exact) mass is 384 g/mol. The van der Waals surface area contributed by atoms with Gasteiger partial charge in [0.25, 0.3) is 0 Å². The van der Waals surface area contributed by atoms with Crippen LogP contribution in [0.25, 0.3) is 0 Å². The highest BCUT2D eigenvalue weighted by atomic mass is 32.2. The number of rotatable bonds is 5. The lowest BCUT2D eigenvalue weighted by atomic mass is 9.94. The Kier molecular flexibility index (Phi) is 6.06. The quantitative estimate of drug-likeness (QED) is 0.742. The average molecular weight is 385 g/mol. The number of aliphatic hydroxyl groups excluding tert-OH is 1. The van der Waals surface area contributed by atoms with Crippen LogP contribution >= 0.6 is 11.8 Å². The molecule has 27 heavy (non-hydrogen) atoms. The molecule has 4 heteroatoms. The van der Waals surface area contributed by atoms with E-state index in [2.05, 4.69) is 42.7 Å². The third-order valence-electron chi connectivity index (χ3n) is 5.60. The smallest absolute Gasteiger partial charge is 0.122 e. The van der Waals surface area contributed by atoms with Crippen LogP contribution in [0.1, 0.15) is 54.0 Å². The molecule has 2 aromatic carbocycles. The molecular weight excluding hydrogens is 356 g/mol. The van der Waals surface area contributed by atoms with Gasteiger partial charge in [-0.1, -0.05) is 24.3 Å². The largest absolute Gasteiger partial charge is 0.493 e. The summed E-state index contributed by atoms with van der Waals surface area (Å²) in [6.45, 7) is 0.949. The van der Waals surface area contributed by atoms with Crippen molar-refractivity contribution in [2.75, 3.05) is 19.5 Å². The van der Waals surface area contributed by atoms with Crippen molar-refractivity contribution in [3.05, 3.63) is 58.7 Å². The Balaban J connectivity index is 1.58. The van der Waals surface area contributed by atoms with Gasteiger partial charge in [-0.05, 0) is 79.2 Å².